The number of hydrogen-bond donors (Lipinski definition) is 0. The van der Waals surface area contributed by atoms with Gasteiger partial charge in [-0.1, -0.05) is 59.8 Å². The first-order valence-electron chi connectivity index (χ1n) is 9.59. The number of hydrogen-bond acceptors (Lipinski definition) is 5. The second-order valence-electron chi connectivity index (χ2n) is 7.05. The summed E-state index contributed by atoms with van der Waals surface area (Å²) in [5.41, 5.74) is 5.26. The summed E-state index contributed by atoms with van der Waals surface area (Å²) >= 11 is 0. The lowest BCUT2D eigenvalue weighted by atomic mass is 9.90. The van der Waals surface area contributed by atoms with Crippen LogP contribution in [-0.2, 0) is 6.54 Å². The van der Waals surface area contributed by atoms with E-state index in [0.29, 0.717) is 35.0 Å². The second kappa shape index (κ2) is 7.15. The van der Waals surface area contributed by atoms with Crippen molar-refractivity contribution in [2.24, 2.45) is 0 Å². The summed E-state index contributed by atoms with van der Waals surface area (Å²) in [6, 6.07) is 21.1. The van der Waals surface area contributed by atoms with Gasteiger partial charge in [-0.3, -0.25) is 4.79 Å². The highest BCUT2D eigenvalue weighted by atomic mass is 16.5. The van der Waals surface area contributed by atoms with E-state index >= 15 is 0 Å². The molecule has 0 N–H and O–H groups in total. The van der Waals surface area contributed by atoms with Gasteiger partial charge in [0.15, 0.2) is 11.5 Å². The molecule has 4 aromatic rings. The molecule has 0 fully saturated rings. The van der Waals surface area contributed by atoms with Crippen molar-refractivity contribution >= 4 is 5.78 Å². The normalized spacial score (nSPS) is 12.3. The van der Waals surface area contributed by atoms with Crippen molar-refractivity contribution in [3.63, 3.8) is 0 Å². The molecule has 6 heteroatoms. The van der Waals surface area contributed by atoms with Crippen molar-refractivity contribution in [3.8, 4) is 33.9 Å². The molecule has 5 rings (SSSR count). The Morgan fingerprint density at radius 3 is 2.23 bits per heavy atom. The third kappa shape index (κ3) is 2.76. The molecule has 2 heterocycles. The molecule has 0 unspecified atom stereocenters. The van der Waals surface area contributed by atoms with E-state index in [1.165, 1.54) is 0 Å². The van der Waals surface area contributed by atoms with Gasteiger partial charge in [0.05, 0.1) is 20.8 Å². The predicted molar refractivity (Wildman–Crippen MR) is 113 cm³/mol. The second-order valence-corrected chi connectivity index (χ2v) is 7.05. The van der Waals surface area contributed by atoms with Crippen LogP contribution < -0.4 is 9.47 Å². The van der Waals surface area contributed by atoms with Gasteiger partial charge in [0.2, 0.25) is 5.78 Å². The minimum Gasteiger partial charge on any atom is -0.493 e. The summed E-state index contributed by atoms with van der Waals surface area (Å²) in [5, 5.41) is 8.69. The molecule has 1 aliphatic rings. The Kier molecular flexibility index (Phi) is 4.32. The number of carbonyl (C=O) groups is 1. The average Bonchev–Trinajstić information content (AvgIpc) is 3.21. The molecule has 3 aromatic carbocycles. The lowest BCUT2D eigenvalue weighted by molar-refractivity contribution is 0.103. The Labute approximate surface area is 173 Å². The van der Waals surface area contributed by atoms with Gasteiger partial charge in [-0.05, 0) is 28.8 Å². The molecule has 0 amide bonds. The van der Waals surface area contributed by atoms with E-state index in [2.05, 4.69) is 10.3 Å². The highest BCUT2D eigenvalue weighted by Crippen LogP contribution is 2.40. The van der Waals surface area contributed by atoms with Gasteiger partial charge < -0.3 is 9.47 Å². The van der Waals surface area contributed by atoms with Crippen LogP contribution in [0.15, 0.2) is 66.7 Å². The number of benzene rings is 3. The van der Waals surface area contributed by atoms with Gasteiger partial charge in [-0.25, -0.2) is 4.68 Å². The minimum atomic E-state index is -0.102. The van der Waals surface area contributed by atoms with E-state index in [-0.39, 0.29) is 5.78 Å². The third-order valence-corrected chi connectivity index (χ3v) is 5.39. The van der Waals surface area contributed by atoms with Crippen molar-refractivity contribution in [1.82, 2.24) is 15.0 Å². The summed E-state index contributed by atoms with van der Waals surface area (Å²) in [4.78, 5) is 13.7. The molecule has 1 aliphatic heterocycles. The number of aromatic nitrogens is 3. The van der Waals surface area contributed by atoms with Crippen LogP contribution in [0.3, 0.4) is 0 Å². The maximum atomic E-state index is 13.7. The summed E-state index contributed by atoms with van der Waals surface area (Å²) in [5.74, 6) is 1.14. The minimum absolute atomic E-state index is 0.102. The molecule has 0 atom stereocenters. The molecule has 0 saturated heterocycles. The van der Waals surface area contributed by atoms with Crippen LogP contribution >= 0.6 is 0 Å². The summed E-state index contributed by atoms with van der Waals surface area (Å²) in [6.07, 6.45) is 0. The molecule has 0 aliphatic carbocycles. The summed E-state index contributed by atoms with van der Waals surface area (Å²) in [7, 11) is 3.21. The number of ether oxygens (including phenoxy) is 2. The van der Waals surface area contributed by atoms with Crippen LogP contribution in [-0.4, -0.2) is 35.0 Å². The quantitative estimate of drug-likeness (QED) is 0.456. The smallest absolute Gasteiger partial charge is 0.213 e. The fourth-order valence-corrected chi connectivity index (χ4v) is 3.95. The van der Waals surface area contributed by atoms with E-state index in [0.717, 1.165) is 22.3 Å². The van der Waals surface area contributed by atoms with E-state index in [9.17, 15) is 4.79 Å². The van der Waals surface area contributed by atoms with Gasteiger partial charge in [-0.15, -0.1) is 5.10 Å². The molecule has 30 heavy (non-hydrogen) atoms. The topological polar surface area (TPSA) is 66.2 Å². The van der Waals surface area contributed by atoms with Crippen molar-refractivity contribution in [1.29, 1.82) is 0 Å². The summed E-state index contributed by atoms with van der Waals surface area (Å²) in [6.45, 7) is 0.394. The van der Waals surface area contributed by atoms with Crippen LogP contribution in [0.4, 0.5) is 0 Å². The highest BCUT2D eigenvalue weighted by molar-refractivity contribution is 6.15. The lowest BCUT2D eigenvalue weighted by Gasteiger charge is -2.20. The van der Waals surface area contributed by atoms with Gasteiger partial charge in [0.25, 0.3) is 0 Å². The maximum absolute atomic E-state index is 13.7. The van der Waals surface area contributed by atoms with E-state index < -0.39 is 0 Å². The first-order valence-corrected chi connectivity index (χ1v) is 9.59. The number of ketones is 1. The highest BCUT2D eigenvalue weighted by Gasteiger charge is 2.29. The first-order chi connectivity index (χ1) is 14.7. The third-order valence-electron chi connectivity index (χ3n) is 5.39. The number of rotatable bonds is 3. The molecule has 148 valence electrons. The number of carbonyl (C=O) groups excluding carboxylic acids is 1. The Balaban J connectivity index is 1.80. The number of fused-ring (bicyclic) bond motifs is 4. The predicted octanol–water partition coefficient (Wildman–Crippen LogP) is 4.22. The molecular formula is C24H19N3O3. The Morgan fingerprint density at radius 2 is 1.50 bits per heavy atom. The summed E-state index contributed by atoms with van der Waals surface area (Å²) < 4.78 is 12.7. The van der Waals surface area contributed by atoms with Crippen molar-refractivity contribution in [2.45, 2.75) is 6.54 Å². The SMILES string of the molecule is COc1cc2c(cc1OC)-c1ccccc1C(=O)c1c(-c3ccccc3)nnn1C2. The van der Waals surface area contributed by atoms with Gasteiger partial charge in [-0.2, -0.15) is 0 Å². The maximum Gasteiger partial charge on any atom is 0.213 e. The molecule has 1 aromatic heterocycles. The average molecular weight is 397 g/mol. The zero-order valence-electron chi connectivity index (χ0n) is 16.6. The van der Waals surface area contributed by atoms with Gasteiger partial charge in [0, 0.05) is 11.1 Å². The lowest BCUT2D eigenvalue weighted by Crippen LogP contribution is -2.17. The monoisotopic (exact) mass is 397 g/mol. The van der Waals surface area contributed by atoms with E-state index in [4.69, 9.17) is 9.47 Å². The fourth-order valence-electron chi connectivity index (χ4n) is 3.95. The number of methoxy groups -OCH3 is 2. The molecule has 0 radical (unpaired) electrons. The fraction of sp³-hybridized carbons (Fsp3) is 0.125. The largest absolute Gasteiger partial charge is 0.493 e. The van der Waals surface area contributed by atoms with Gasteiger partial charge in [0.1, 0.15) is 11.4 Å². The zero-order valence-corrected chi connectivity index (χ0v) is 16.6. The van der Waals surface area contributed by atoms with Gasteiger partial charge >= 0.3 is 0 Å². The Bertz CT molecular complexity index is 1260. The van der Waals surface area contributed by atoms with Crippen LogP contribution in [0.25, 0.3) is 22.4 Å². The Morgan fingerprint density at radius 1 is 0.833 bits per heavy atom. The van der Waals surface area contributed by atoms with E-state index in [1.54, 1.807) is 18.9 Å². The van der Waals surface area contributed by atoms with E-state index in [1.807, 2.05) is 66.7 Å². The van der Waals surface area contributed by atoms with Crippen LogP contribution in [0, 0.1) is 0 Å². The molecule has 6 nitrogen and oxygen atoms in total. The van der Waals surface area contributed by atoms with Crippen LogP contribution in [0.2, 0.25) is 0 Å². The van der Waals surface area contributed by atoms with Crippen LogP contribution in [0.5, 0.6) is 11.5 Å². The zero-order chi connectivity index (χ0) is 20.7. The first kappa shape index (κ1) is 18.1. The van der Waals surface area contributed by atoms with Crippen LogP contribution in [0.1, 0.15) is 21.6 Å². The Hall–Kier alpha value is -3.93. The van der Waals surface area contributed by atoms with Crippen molar-refractivity contribution in [2.75, 3.05) is 14.2 Å². The van der Waals surface area contributed by atoms with Crippen molar-refractivity contribution in [3.05, 3.63) is 83.6 Å². The van der Waals surface area contributed by atoms with Crippen molar-refractivity contribution < 1.29 is 14.3 Å². The number of nitrogens with zero attached hydrogens (tertiary/aromatic N) is 3. The molecule has 0 bridgehead atoms. The standard InChI is InChI=1S/C24H19N3O3/c1-29-20-12-16-14-27-23(22(25-26-27)15-8-4-3-5-9-15)24(28)18-11-7-6-10-17(18)19(16)13-21(20)30-2/h3-13H,14H2,1-2H3. The molecular weight excluding hydrogens is 378 g/mol. The molecule has 0 saturated carbocycles. The molecule has 0 spiro atoms.